The molecule has 0 spiro atoms. The number of aliphatic hydroxyl groups is 1. The van der Waals surface area contributed by atoms with Gasteiger partial charge < -0.3 is 9.84 Å². The molecule has 104 valence electrons. The normalized spacial score (nSPS) is 10.3. The quantitative estimate of drug-likeness (QED) is 0.673. The van der Waals surface area contributed by atoms with Crippen molar-refractivity contribution in [1.29, 1.82) is 0 Å². The highest BCUT2D eigenvalue weighted by molar-refractivity contribution is 5.34. The van der Waals surface area contributed by atoms with Gasteiger partial charge in [0.05, 0.1) is 17.6 Å². The molecule has 0 saturated carbocycles. The zero-order chi connectivity index (χ0) is 14.5. The van der Waals surface area contributed by atoms with Crippen molar-refractivity contribution >= 4 is 5.69 Å². The zero-order valence-corrected chi connectivity index (χ0v) is 10.5. The molecule has 2 aromatic rings. The van der Waals surface area contributed by atoms with E-state index in [9.17, 15) is 14.5 Å². The SMILES string of the molecule is O=[N+]([O-])c1ccc(COc2ccc(CO)cc2)c(F)c1. The molecule has 0 bridgehead atoms. The van der Waals surface area contributed by atoms with Crippen molar-refractivity contribution in [3.63, 3.8) is 0 Å². The van der Waals surface area contributed by atoms with Gasteiger partial charge in [0, 0.05) is 11.6 Å². The Balaban J connectivity index is 2.04. The summed E-state index contributed by atoms with van der Waals surface area (Å²) < 4.78 is 19.0. The van der Waals surface area contributed by atoms with Crippen LogP contribution in [0, 0.1) is 15.9 Å². The Labute approximate surface area is 114 Å². The summed E-state index contributed by atoms with van der Waals surface area (Å²) in [5.74, 6) is -0.147. The molecule has 1 N–H and O–H groups in total. The van der Waals surface area contributed by atoms with Gasteiger partial charge in [0.2, 0.25) is 0 Å². The van der Waals surface area contributed by atoms with E-state index in [1.807, 2.05) is 0 Å². The summed E-state index contributed by atoms with van der Waals surface area (Å²) >= 11 is 0. The van der Waals surface area contributed by atoms with Crippen LogP contribution in [0.25, 0.3) is 0 Å². The van der Waals surface area contributed by atoms with Crippen molar-refractivity contribution in [3.05, 3.63) is 69.5 Å². The minimum atomic E-state index is -0.675. The number of aliphatic hydroxyl groups excluding tert-OH is 1. The second kappa shape index (κ2) is 6.12. The summed E-state index contributed by atoms with van der Waals surface area (Å²) in [5, 5.41) is 19.4. The maximum atomic E-state index is 13.6. The average molecular weight is 277 g/mol. The lowest BCUT2D eigenvalue weighted by Crippen LogP contribution is -2.00. The Morgan fingerprint density at radius 3 is 2.45 bits per heavy atom. The van der Waals surface area contributed by atoms with Crippen molar-refractivity contribution in [3.8, 4) is 5.75 Å². The number of benzene rings is 2. The number of ether oxygens (including phenoxy) is 1. The van der Waals surface area contributed by atoms with E-state index in [0.29, 0.717) is 5.75 Å². The molecule has 0 heterocycles. The Morgan fingerprint density at radius 1 is 1.20 bits per heavy atom. The lowest BCUT2D eigenvalue weighted by molar-refractivity contribution is -0.385. The maximum absolute atomic E-state index is 13.6. The van der Waals surface area contributed by atoms with Crippen LogP contribution < -0.4 is 4.74 Å². The van der Waals surface area contributed by atoms with Crippen LogP contribution in [0.3, 0.4) is 0 Å². The number of nitrogens with zero attached hydrogens (tertiary/aromatic N) is 1. The zero-order valence-electron chi connectivity index (χ0n) is 10.5. The van der Waals surface area contributed by atoms with Gasteiger partial charge >= 0.3 is 0 Å². The molecular formula is C14H12FNO4. The molecule has 0 aliphatic heterocycles. The molecule has 0 unspecified atom stereocenters. The van der Waals surface area contributed by atoms with Crippen LogP contribution in [0.1, 0.15) is 11.1 Å². The predicted octanol–water partition coefficient (Wildman–Crippen LogP) is 2.81. The third-order valence-electron chi connectivity index (χ3n) is 2.75. The highest BCUT2D eigenvalue weighted by atomic mass is 19.1. The second-order valence-corrected chi connectivity index (χ2v) is 4.12. The Bertz CT molecular complexity index is 613. The minimum absolute atomic E-state index is 0.0255. The van der Waals surface area contributed by atoms with Crippen molar-refractivity contribution < 1.29 is 19.2 Å². The van der Waals surface area contributed by atoms with Gasteiger partial charge in [-0.3, -0.25) is 10.1 Å². The molecular weight excluding hydrogens is 265 g/mol. The molecule has 2 rings (SSSR count). The Hall–Kier alpha value is -2.47. The fraction of sp³-hybridized carbons (Fsp3) is 0.143. The molecule has 20 heavy (non-hydrogen) atoms. The molecule has 0 aromatic heterocycles. The topological polar surface area (TPSA) is 72.6 Å². The molecule has 0 atom stereocenters. The van der Waals surface area contributed by atoms with Crippen LogP contribution in [-0.4, -0.2) is 10.0 Å². The Kier molecular flexibility index (Phi) is 4.27. The number of non-ortho nitro benzene ring substituents is 1. The van der Waals surface area contributed by atoms with Gasteiger partial charge in [-0.05, 0) is 23.8 Å². The minimum Gasteiger partial charge on any atom is -0.489 e. The number of halogens is 1. The molecule has 5 nitrogen and oxygen atoms in total. The standard InChI is InChI=1S/C14H12FNO4/c15-14-7-12(16(18)19)4-3-11(14)9-20-13-5-1-10(8-17)2-6-13/h1-7,17H,8-9H2. The van der Waals surface area contributed by atoms with E-state index >= 15 is 0 Å². The summed E-state index contributed by atoms with van der Waals surface area (Å²) in [6.07, 6.45) is 0. The van der Waals surface area contributed by atoms with Crippen LogP contribution in [0.4, 0.5) is 10.1 Å². The third-order valence-corrected chi connectivity index (χ3v) is 2.75. The number of nitro benzene ring substituents is 1. The number of hydrogen-bond donors (Lipinski definition) is 1. The van der Waals surface area contributed by atoms with Crippen LogP contribution in [-0.2, 0) is 13.2 Å². The van der Waals surface area contributed by atoms with Crippen LogP contribution >= 0.6 is 0 Å². The molecule has 6 heteroatoms. The molecule has 2 aromatic carbocycles. The molecule has 0 aliphatic carbocycles. The lowest BCUT2D eigenvalue weighted by atomic mass is 10.2. The van der Waals surface area contributed by atoms with E-state index in [1.54, 1.807) is 24.3 Å². The summed E-state index contributed by atoms with van der Waals surface area (Å²) in [5.41, 5.74) is 0.694. The fourth-order valence-corrected chi connectivity index (χ4v) is 1.62. The van der Waals surface area contributed by atoms with Crippen LogP contribution in [0.5, 0.6) is 5.75 Å². The number of hydrogen-bond acceptors (Lipinski definition) is 4. The van der Waals surface area contributed by atoms with Gasteiger partial charge in [-0.2, -0.15) is 0 Å². The van der Waals surface area contributed by atoms with Crippen molar-refractivity contribution in [2.24, 2.45) is 0 Å². The predicted molar refractivity (Wildman–Crippen MR) is 69.8 cm³/mol. The van der Waals surface area contributed by atoms with Crippen LogP contribution in [0.2, 0.25) is 0 Å². The molecule has 0 radical (unpaired) electrons. The largest absolute Gasteiger partial charge is 0.489 e. The first-order valence-corrected chi connectivity index (χ1v) is 5.85. The van der Waals surface area contributed by atoms with Gasteiger partial charge in [-0.25, -0.2) is 4.39 Å². The highest BCUT2D eigenvalue weighted by Gasteiger charge is 2.11. The van der Waals surface area contributed by atoms with E-state index in [2.05, 4.69) is 0 Å². The second-order valence-electron chi connectivity index (χ2n) is 4.12. The van der Waals surface area contributed by atoms with E-state index in [0.717, 1.165) is 11.6 Å². The third kappa shape index (κ3) is 3.30. The summed E-state index contributed by atoms with van der Waals surface area (Å²) in [4.78, 5) is 9.84. The summed E-state index contributed by atoms with van der Waals surface area (Å²) in [7, 11) is 0. The first kappa shape index (κ1) is 14.0. The molecule has 0 amide bonds. The van der Waals surface area contributed by atoms with Crippen LogP contribution in [0.15, 0.2) is 42.5 Å². The first-order chi connectivity index (χ1) is 9.60. The smallest absolute Gasteiger partial charge is 0.272 e. The highest BCUT2D eigenvalue weighted by Crippen LogP contribution is 2.19. The molecule has 0 fully saturated rings. The number of nitro groups is 1. The van der Waals surface area contributed by atoms with Crippen molar-refractivity contribution in [2.75, 3.05) is 0 Å². The van der Waals surface area contributed by atoms with Gasteiger partial charge in [-0.15, -0.1) is 0 Å². The summed E-state index contributed by atoms with van der Waals surface area (Å²) in [6, 6.07) is 10.1. The molecule has 0 saturated heterocycles. The van der Waals surface area contributed by atoms with E-state index in [1.165, 1.54) is 12.1 Å². The molecule has 0 aliphatic rings. The van der Waals surface area contributed by atoms with Crippen molar-refractivity contribution in [2.45, 2.75) is 13.2 Å². The van der Waals surface area contributed by atoms with Gasteiger partial charge in [0.15, 0.2) is 0 Å². The van der Waals surface area contributed by atoms with Gasteiger partial charge in [0.25, 0.3) is 5.69 Å². The summed E-state index contributed by atoms with van der Waals surface area (Å²) in [6.45, 7) is -0.0838. The lowest BCUT2D eigenvalue weighted by Gasteiger charge is -2.07. The van der Waals surface area contributed by atoms with E-state index in [4.69, 9.17) is 9.84 Å². The van der Waals surface area contributed by atoms with Gasteiger partial charge in [0.1, 0.15) is 18.2 Å². The van der Waals surface area contributed by atoms with Crippen molar-refractivity contribution in [1.82, 2.24) is 0 Å². The maximum Gasteiger partial charge on any atom is 0.272 e. The van der Waals surface area contributed by atoms with E-state index in [-0.39, 0.29) is 24.5 Å². The number of rotatable bonds is 5. The average Bonchev–Trinajstić information content (AvgIpc) is 2.46. The fourth-order valence-electron chi connectivity index (χ4n) is 1.62. The van der Waals surface area contributed by atoms with E-state index < -0.39 is 10.7 Å². The first-order valence-electron chi connectivity index (χ1n) is 5.85. The Morgan fingerprint density at radius 2 is 1.90 bits per heavy atom. The monoisotopic (exact) mass is 277 g/mol. The van der Waals surface area contributed by atoms with Gasteiger partial charge in [-0.1, -0.05) is 12.1 Å².